The molecule has 0 aromatic heterocycles. The van der Waals surface area contributed by atoms with E-state index < -0.39 is 0 Å². The summed E-state index contributed by atoms with van der Waals surface area (Å²) in [5.41, 5.74) is 2.17. The molecule has 0 spiro atoms. The zero-order chi connectivity index (χ0) is 12.8. The quantitative estimate of drug-likeness (QED) is 0.545. The highest BCUT2D eigenvalue weighted by Crippen LogP contribution is 2.31. The maximum atomic E-state index is 6.19. The monoisotopic (exact) mass is 272 g/mol. The molecule has 0 amide bonds. The highest BCUT2D eigenvalue weighted by Gasteiger charge is 2.09. The van der Waals surface area contributed by atoms with Gasteiger partial charge in [-0.15, -0.1) is 11.6 Å². The molecular weight excluding hydrogens is 255 g/mol. The zero-order valence-electron chi connectivity index (χ0n) is 10.5. The molecule has 17 heavy (non-hydrogen) atoms. The molecule has 0 bridgehead atoms. The molecule has 1 nitrogen and oxygen atoms in total. The van der Waals surface area contributed by atoms with Crippen LogP contribution in [0.1, 0.15) is 30.9 Å². The summed E-state index contributed by atoms with van der Waals surface area (Å²) in [6.07, 6.45) is 3.78. The van der Waals surface area contributed by atoms with Gasteiger partial charge in [0, 0.05) is 10.9 Å². The lowest BCUT2D eigenvalue weighted by atomic mass is 10.0. The summed E-state index contributed by atoms with van der Waals surface area (Å²) in [4.78, 5) is 0. The van der Waals surface area contributed by atoms with E-state index >= 15 is 0 Å². The van der Waals surface area contributed by atoms with Crippen LogP contribution in [0.5, 0.6) is 5.75 Å². The SMILES string of the molecule is Cc1cc(Cl)c(C(C)C)cc1OCC=CCCl. The van der Waals surface area contributed by atoms with Crippen molar-refractivity contribution in [2.24, 2.45) is 0 Å². The van der Waals surface area contributed by atoms with E-state index in [1.54, 1.807) is 0 Å². The second kappa shape index (κ2) is 6.93. The molecule has 0 fully saturated rings. The first kappa shape index (κ1) is 14.4. The van der Waals surface area contributed by atoms with Crippen molar-refractivity contribution in [3.05, 3.63) is 40.4 Å². The molecule has 1 aromatic rings. The van der Waals surface area contributed by atoms with Crippen molar-refractivity contribution in [1.29, 1.82) is 0 Å². The van der Waals surface area contributed by atoms with Crippen molar-refractivity contribution in [1.82, 2.24) is 0 Å². The van der Waals surface area contributed by atoms with Crippen molar-refractivity contribution in [3.8, 4) is 5.75 Å². The molecule has 0 aliphatic carbocycles. The molecule has 94 valence electrons. The number of hydrogen-bond acceptors (Lipinski definition) is 1. The maximum absolute atomic E-state index is 6.19. The van der Waals surface area contributed by atoms with Gasteiger partial charge in [0.25, 0.3) is 0 Å². The predicted molar refractivity (Wildman–Crippen MR) is 75.6 cm³/mol. The van der Waals surface area contributed by atoms with Gasteiger partial charge >= 0.3 is 0 Å². The summed E-state index contributed by atoms with van der Waals surface area (Å²) < 4.78 is 5.68. The van der Waals surface area contributed by atoms with E-state index in [1.807, 2.05) is 31.2 Å². The van der Waals surface area contributed by atoms with Gasteiger partial charge in [-0.1, -0.05) is 37.6 Å². The Bertz CT molecular complexity index is 397. The van der Waals surface area contributed by atoms with Crippen molar-refractivity contribution >= 4 is 23.2 Å². The van der Waals surface area contributed by atoms with Crippen LogP contribution in [0.15, 0.2) is 24.3 Å². The topological polar surface area (TPSA) is 9.23 Å². The number of ether oxygens (including phenoxy) is 1. The van der Waals surface area contributed by atoms with E-state index in [0.29, 0.717) is 18.4 Å². The van der Waals surface area contributed by atoms with Gasteiger partial charge in [-0.2, -0.15) is 0 Å². The summed E-state index contributed by atoms with van der Waals surface area (Å²) in [5, 5.41) is 0.807. The van der Waals surface area contributed by atoms with Crippen LogP contribution in [0.2, 0.25) is 5.02 Å². The van der Waals surface area contributed by atoms with Crippen molar-refractivity contribution in [3.63, 3.8) is 0 Å². The minimum atomic E-state index is 0.392. The first-order valence-electron chi connectivity index (χ1n) is 5.70. The molecule has 0 saturated heterocycles. The van der Waals surface area contributed by atoms with E-state index in [1.165, 1.54) is 0 Å². The van der Waals surface area contributed by atoms with E-state index in [9.17, 15) is 0 Å². The third-order valence-electron chi connectivity index (χ3n) is 2.51. The molecule has 0 aliphatic heterocycles. The minimum Gasteiger partial charge on any atom is -0.489 e. The van der Waals surface area contributed by atoms with Crippen LogP contribution in [-0.4, -0.2) is 12.5 Å². The first-order chi connectivity index (χ1) is 8.06. The lowest BCUT2D eigenvalue weighted by Crippen LogP contribution is -1.98. The summed E-state index contributed by atoms with van der Waals surface area (Å²) in [6.45, 7) is 6.77. The highest BCUT2D eigenvalue weighted by molar-refractivity contribution is 6.31. The Morgan fingerprint density at radius 2 is 2.00 bits per heavy atom. The molecule has 1 aromatic carbocycles. The second-order valence-corrected chi connectivity index (χ2v) is 4.95. The van der Waals surface area contributed by atoms with Gasteiger partial charge in [-0.25, -0.2) is 0 Å². The van der Waals surface area contributed by atoms with Crippen LogP contribution in [-0.2, 0) is 0 Å². The van der Waals surface area contributed by atoms with Gasteiger partial charge in [0.05, 0.1) is 0 Å². The Kier molecular flexibility index (Phi) is 5.87. The number of allylic oxidation sites excluding steroid dienone is 1. The molecular formula is C14H18Cl2O. The summed E-state index contributed by atoms with van der Waals surface area (Å²) >= 11 is 11.7. The second-order valence-electron chi connectivity index (χ2n) is 4.23. The van der Waals surface area contributed by atoms with E-state index in [4.69, 9.17) is 27.9 Å². The third kappa shape index (κ3) is 4.25. The Balaban J connectivity index is 2.84. The predicted octanol–water partition coefficient (Wildman–Crippen LogP) is 4.95. The minimum absolute atomic E-state index is 0.392. The van der Waals surface area contributed by atoms with Crippen molar-refractivity contribution < 1.29 is 4.74 Å². The molecule has 0 atom stereocenters. The lowest BCUT2D eigenvalue weighted by Gasteiger charge is -2.13. The maximum Gasteiger partial charge on any atom is 0.123 e. The van der Waals surface area contributed by atoms with Crippen LogP contribution in [0.25, 0.3) is 0 Å². The summed E-state index contributed by atoms with van der Waals surface area (Å²) in [7, 11) is 0. The Morgan fingerprint density at radius 3 is 2.59 bits per heavy atom. The fraction of sp³-hybridized carbons (Fsp3) is 0.429. The van der Waals surface area contributed by atoms with Crippen molar-refractivity contribution in [2.45, 2.75) is 26.7 Å². The molecule has 1 rings (SSSR count). The van der Waals surface area contributed by atoms with Crippen LogP contribution >= 0.6 is 23.2 Å². The molecule has 0 unspecified atom stereocenters. The third-order valence-corrected chi connectivity index (χ3v) is 3.01. The van der Waals surface area contributed by atoms with Crippen LogP contribution in [0.3, 0.4) is 0 Å². The molecule has 0 heterocycles. The van der Waals surface area contributed by atoms with Gasteiger partial charge < -0.3 is 4.74 Å². The Hall–Kier alpha value is -0.660. The van der Waals surface area contributed by atoms with Crippen LogP contribution in [0, 0.1) is 6.92 Å². The smallest absolute Gasteiger partial charge is 0.123 e. The van der Waals surface area contributed by atoms with E-state index in [2.05, 4.69) is 13.8 Å². The van der Waals surface area contributed by atoms with Crippen LogP contribution in [0.4, 0.5) is 0 Å². The molecule has 3 heteroatoms. The molecule has 0 N–H and O–H groups in total. The number of aryl methyl sites for hydroxylation is 1. The lowest BCUT2D eigenvalue weighted by molar-refractivity contribution is 0.359. The van der Waals surface area contributed by atoms with E-state index in [-0.39, 0.29) is 0 Å². The largest absolute Gasteiger partial charge is 0.489 e. The number of hydrogen-bond donors (Lipinski definition) is 0. The van der Waals surface area contributed by atoms with Gasteiger partial charge in [-0.05, 0) is 36.1 Å². The Morgan fingerprint density at radius 1 is 1.29 bits per heavy atom. The number of benzene rings is 1. The van der Waals surface area contributed by atoms with Gasteiger partial charge in [0.15, 0.2) is 0 Å². The normalized spacial score (nSPS) is 11.4. The molecule has 0 aliphatic rings. The average Bonchev–Trinajstić information content (AvgIpc) is 2.26. The fourth-order valence-corrected chi connectivity index (χ4v) is 2.10. The number of alkyl halides is 1. The molecule has 0 saturated carbocycles. The molecule has 0 radical (unpaired) electrons. The van der Waals surface area contributed by atoms with Crippen molar-refractivity contribution in [2.75, 3.05) is 12.5 Å². The fourth-order valence-electron chi connectivity index (χ4n) is 1.54. The zero-order valence-corrected chi connectivity index (χ0v) is 12.0. The number of rotatable bonds is 5. The van der Waals surface area contributed by atoms with Gasteiger partial charge in [-0.3, -0.25) is 0 Å². The standard InChI is InChI=1S/C14H18Cl2O/c1-10(2)12-9-14(11(3)8-13(12)16)17-7-5-4-6-15/h4-5,8-10H,6-7H2,1-3H3. The van der Waals surface area contributed by atoms with Gasteiger partial charge in [0.1, 0.15) is 12.4 Å². The Labute approximate surface area is 113 Å². The highest BCUT2D eigenvalue weighted by atomic mass is 35.5. The number of halogens is 2. The van der Waals surface area contributed by atoms with Gasteiger partial charge in [0.2, 0.25) is 0 Å². The average molecular weight is 273 g/mol. The van der Waals surface area contributed by atoms with Crippen LogP contribution < -0.4 is 4.74 Å². The summed E-state index contributed by atoms with van der Waals surface area (Å²) in [5.74, 6) is 1.79. The summed E-state index contributed by atoms with van der Waals surface area (Å²) in [6, 6.07) is 3.98. The van der Waals surface area contributed by atoms with E-state index in [0.717, 1.165) is 21.9 Å². The first-order valence-corrected chi connectivity index (χ1v) is 6.61.